The van der Waals surface area contributed by atoms with E-state index in [-0.39, 0.29) is 24.5 Å². The quantitative estimate of drug-likeness (QED) is 0.839. The number of rotatable bonds is 3. The number of hydrogen-bond acceptors (Lipinski definition) is 3. The largest absolute Gasteiger partial charge is 0.396 e. The fraction of sp³-hybridized carbons (Fsp3) is 0.571. The maximum absolute atomic E-state index is 12.2. The molecule has 2 rings (SSSR count). The summed E-state index contributed by atoms with van der Waals surface area (Å²) in [4.78, 5) is 16.2. The van der Waals surface area contributed by atoms with Crippen molar-refractivity contribution in [3.8, 4) is 0 Å². The second-order valence-corrected chi connectivity index (χ2v) is 5.97. The summed E-state index contributed by atoms with van der Waals surface area (Å²) < 4.78 is 0.791. The van der Waals surface area contributed by atoms with E-state index in [1.807, 2.05) is 0 Å². The lowest BCUT2D eigenvalue weighted by molar-refractivity contribution is 0.0899. The molecule has 1 aliphatic carbocycles. The number of aromatic nitrogens is 1. The molecule has 5 heteroatoms. The van der Waals surface area contributed by atoms with Gasteiger partial charge in [-0.2, -0.15) is 0 Å². The lowest BCUT2D eigenvalue weighted by Crippen LogP contribution is -2.41. The number of aliphatic hydroxyl groups excluding tert-OH is 1. The van der Waals surface area contributed by atoms with E-state index in [9.17, 15) is 9.90 Å². The molecule has 0 saturated heterocycles. The molecule has 1 saturated carbocycles. The molecule has 2 N–H and O–H groups in total. The molecular weight excluding hydrogens is 308 g/mol. The van der Waals surface area contributed by atoms with Gasteiger partial charge in [0.2, 0.25) is 0 Å². The van der Waals surface area contributed by atoms with E-state index in [0.29, 0.717) is 5.56 Å². The Morgan fingerprint density at radius 2 is 2.16 bits per heavy atom. The zero-order chi connectivity index (χ0) is 13.7. The van der Waals surface area contributed by atoms with E-state index >= 15 is 0 Å². The van der Waals surface area contributed by atoms with Crippen molar-refractivity contribution in [3.05, 3.63) is 28.5 Å². The van der Waals surface area contributed by atoms with Gasteiger partial charge in [-0.3, -0.25) is 9.78 Å². The highest BCUT2D eigenvalue weighted by Crippen LogP contribution is 2.23. The third kappa shape index (κ3) is 4.01. The number of nitrogens with zero attached hydrogens (tertiary/aromatic N) is 1. The molecule has 0 aromatic carbocycles. The molecule has 1 aromatic heterocycles. The molecule has 104 valence electrons. The molecule has 19 heavy (non-hydrogen) atoms. The summed E-state index contributed by atoms with van der Waals surface area (Å²) in [5.74, 6) is 0.0608. The molecule has 1 heterocycles. The molecule has 1 amide bonds. The van der Waals surface area contributed by atoms with Crippen LogP contribution >= 0.6 is 15.9 Å². The molecule has 2 atom stereocenters. The molecule has 1 aromatic rings. The van der Waals surface area contributed by atoms with Crippen LogP contribution in [0, 0.1) is 5.92 Å². The zero-order valence-corrected chi connectivity index (χ0v) is 12.4. The average Bonchev–Trinajstić information content (AvgIpc) is 2.63. The van der Waals surface area contributed by atoms with Gasteiger partial charge in [-0.15, -0.1) is 0 Å². The van der Waals surface area contributed by atoms with Gasteiger partial charge in [-0.05, 0) is 34.8 Å². The Hall–Kier alpha value is -0.940. The first-order valence-electron chi connectivity index (χ1n) is 6.73. The van der Waals surface area contributed by atoms with Gasteiger partial charge in [0.15, 0.2) is 0 Å². The van der Waals surface area contributed by atoms with Crippen molar-refractivity contribution >= 4 is 21.8 Å². The van der Waals surface area contributed by atoms with Crippen LogP contribution in [0.4, 0.5) is 0 Å². The molecule has 0 spiro atoms. The summed E-state index contributed by atoms with van der Waals surface area (Å²) in [6.07, 6.45) is 8.57. The van der Waals surface area contributed by atoms with Crippen LogP contribution < -0.4 is 5.32 Å². The fourth-order valence-electron chi connectivity index (χ4n) is 2.58. The molecule has 1 fully saturated rings. The van der Waals surface area contributed by atoms with E-state index in [1.165, 1.54) is 6.42 Å². The predicted molar refractivity (Wildman–Crippen MR) is 76.9 cm³/mol. The predicted octanol–water partition coefficient (Wildman–Crippen LogP) is 2.52. The van der Waals surface area contributed by atoms with Gasteiger partial charge in [0, 0.05) is 35.4 Å². The fourth-order valence-corrected chi connectivity index (χ4v) is 2.95. The summed E-state index contributed by atoms with van der Waals surface area (Å²) in [7, 11) is 0. The highest BCUT2D eigenvalue weighted by molar-refractivity contribution is 9.10. The summed E-state index contributed by atoms with van der Waals surface area (Å²) in [5.41, 5.74) is 0.551. The van der Waals surface area contributed by atoms with Crippen molar-refractivity contribution in [2.45, 2.75) is 38.1 Å². The number of amides is 1. The van der Waals surface area contributed by atoms with Crippen LogP contribution in [0.5, 0.6) is 0 Å². The number of pyridine rings is 1. The number of nitrogens with one attached hydrogen (secondary N) is 1. The Morgan fingerprint density at radius 1 is 1.37 bits per heavy atom. The topological polar surface area (TPSA) is 62.2 Å². The molecule has 2 unspecified atom stereocenters. The number of carbonyl (C=O) groups is 1. The van der Waals surface area contributed by atoms with Crippen molar-refractivity contribution in [2.75, 3.05) is 6.61 Å². The average molecular weight is 327 g/mol. The standard InChI is InChI=1S/C14H19BrN2O2/c15-12-6-11(7-16-8-12)14(19)17-13-5-3-1-2-4-10(13)9-18/h6-8,10,13,18H,1-5,9H2,(H,17,19). The van der Waals surface area contributed by atoms with Gasteiger partial charge in [0.25, 0.3) is 5.91 Å². The Balaban J connectivity index is 2.04. The van der Waals surface area contributed by atoms with Crippen LogP contribution in [-0.2, 0) is 0 Å². The summed E-state index contributed by atoms with van der Waals surface area (Å²) in [5, 5.41) is 12.5. The molecule has 1 aliphatic rings. The minimum absolute atomic E-state index is 0.0685. The van der Waals surface area contributed by atoms with E-state index in [4.69, 9.17) is 0 Å². The van der Waals surface area contributed by atoms with Crippen LogP contribution in [0.1, 0.15) is 42.5 Å². The first-order valence-corrected chi connectivity index (χ1v) is 7.52. The van der Waals surface area contributed by atoms with Crippen LogP contribution in [-0.4, -0.2) is 28.6 Å². The van der Waals surface area contributed by atoms with Crippen LogP contribution in [0.2, 0.25) is 0 Å². The lowest BCUT2D eigenvalue weighted by Gasteiger charge is -2.24. The minimum atomic E-state index is -0.112. The van der Waals surface area contributed by atoms with Crippen LogP contribution in [0.3, 0.4) is 0 Å². The van der Waals surface area contributed by atoms with Gasteiger partial charge in [-0.25, -0.2) is 0 Å². The second kappa shape index (κ2) is 7.01. The molecule has 0 bridgehead atoms. The first-order chi connectivity index (χ1) is 9.20. The molecule has 4 nitrogen and oxygen atoms in total. The van der Waals surface area contributed by atoms with Crippen molar-refractivity contribution in [1.82, 2.24) is 10.3 Å². The third-order valence-corrected chi connectivity index (χ3v) is 4.11. The van der Waals surface area contributed by atoms with Crippen molar-refractivity contribution in [3.63, 3.8) is 0 Å². The van der Waals surface area contributed by atoms with Crippen molar-refractivity contribution in [1.29, 1.82) is 0 Å². The smallest absolute Gasteiger partial charge is 0.253 e. The molecular formula is C14H19BrN2O2. The number of hydrogen-bond donors (Lipinski definition) is 2. The van der Waals surface area contributed by atoms with E-state index in [0.717, 1.165) is 30.2 Å². The monoisotopic (exact) mass is 326 g/mol. The summed E-state index contributed by atoms with van der Waals surface area (Å²) >= 11 is 3.31. The Kier molecular flexibility index (Phi) is 5.34. The summed E-state index contributed by atoms with van der Waals surface area (Å²) in [6, 6.07) is 1.83. The van der Waals surface area contributed by atoms with Gasteiger partial charge in [0.05, 0.1) is 5.56 Å². The number of halogens is 1. The highest BCUT2D eigenvalue weighted by Gasteiger charge is 2.24. The van der Waals surface area contributed by atoms with Gasteiger partial charge < -0.3 is 10.4 Å². The van der Waals surface area contributed by atoms with Gasteiger partial charge in [0.1, 0.15) is 0 Å². The number of aliphatic hydroxyl groups is 1. The molecule has 0 radical (unpaired) electrons. The second-order valence-electron chi connectivity index (χ2n) is 5.05. The third-order valence-electron chi connectivity index (χ3n) is 3.68. The van der Waals surface area contributed by atoms with E-state index in [2.05, 4.69) is 26.2 Å². The SMILES string of the molecule is O=C(NC1CCCCCC1CO)c1cncc(Br)c1. The van der Waals surface area contributed by atoms with Crippen LogP contribution in [0.15, 0.2) is 22.9 Å². The van der Waals surface area contributed by atoms with Gasteiger partial charge >= 0.3 is 0 Å². The van der Waals surface area contributed by atoms with Gasteiger partial charge in [-0.1, -0.05) is 19.3 Å². The Bertz CT molecular complexity index is 439. The first kappa shape index (κ1) is 14.5. The van der Waals surface area contributed by atoms with Crippen molar-refractivity contribution < 1.29 is 9.90 Å². The van der Waals surface area contributed by atoms with E-state index in [1.54, 1.807) is 18.5 Å². The highest BCUT2D eigenvalue weighted by atomic mass is 79.9. The number of carbonyl (C=O) groups excluding carboxylic acids is 1. The van der Waals surface area contributed by atoms with Crippen LogP contribution in [0.25, 0.3) is 0 Å². The summed E-state index contributed by atoms with van der Waals surface area (Å²) in [6.45, 7) is 0.141. The Labute approximate surface area is 121 Å². The maximum Gasteiger partial charge on any atom is 0.253 e. The van der Waals surface area contributed by atoms with Crippen molar-refractivity contribution in [2.24, 2.45) is 5.92 Å². The zero-order valence-electron chi connectivity index (χ0n) is 10.8. The van der Waals surface area contributed by atoms with E-state index < -0.39 is 0 Å². The minimum Gasteiger partial charge on any atom is -0.396 e. The normalized spacial score (nSPS) is 23.7. The molecule has 0 aliphatic heterocycles. The maximum atomic E-state index is 12.2. The lowest BCUT2D eigenvalue weighted by atomic mass is 9.95. The Morgan fingerprint density at radius 3 is 2.89 bits per heavy atom.